The molecule has 2 rings (SSSR count). The van der Waals surface area contributed by atoms with E-state index in [0.29, 0.717) is 24.0 Å². The number of para-hydroxylation sites is 2. The van der Waals surface area contributed by atoms with Crippen molar-refractivity contribution in [2.75, 3.05) is 0 Å². The molecule has 0 aliphatic rings. The first-order chi connectivity index (χ1) is 16.3. The number of carbonyl (C=O) groups excluding carboxylic acids is 4. The fourth-order valence-electron chi connectivity index (χ4n) is 2.58. The van der Waals surface area contributed by atoms with Gasteiger partial charge in [-0.2, -0.15) is 0 Å². The molecular weight excluding hydrogens is 432 g/mol. The fourth-order valence-corrected chi connectivity index (χ4v) is 2.58. The van der Waals surface area contributed by atoms with Gasteiger partial charge in [-0.3, -0.25) is 19.2 Å². The molecule has 34 heavy (non-hydrogen) atoms. The average molecular weight is 469 g/mol. The van der Waals surface area contributed by atoms with Crippen LogP contribution in [0.2, 0.25) is 0 Å². The van der Waals surface area contributed by atoms with E-state index in [-0.39, 0.29) is 35.9 Å². The molecular formula is C28H36O6. The number of ether oxygens (including phenoxy) is 2. The molecule has 2 aromatic rings. The molecule has 0 amide bonds. The maximum absolute atomic E-state index is 12.0. The highest BCUT2D eigenvalue weighted by Crippen LogP contribution is 2.21. The zero-order valence-corrected chi connectivity index (χ0v) is 21.1. The Hall–Kier alpha value is -3.54. The van der Waals surface area contributed by atoms with Gasteiger partial charge in [0.05, 0.1) is 11.1 Å². The minimum absolute atomic E-state index is 0.115. The van der Waals surface area contributed by atoms with Crippen LogP contribution in [0.3, 0.4) is 0 Å². The molecule has 2 aromatic carbocycles. The first-order valence-corrected chi connectivity index (χ1v) is 11.5. The van der Waals surface area contributed by atoms with E-state index in [1.165, 1.54) is 13.8 Å². The Morgan fingerprint density at radius 3 is 1.26 bits per heavy atom. The van der Waals surface area contributed by atoms with Crippen LogP contribution in [-0.4, -0.2) is 23.5 Å². The molecule has 0 heterocycles. The number of rotatable bonds is 9. The highest BCUT2D eigenvalue weighted by molar-refractivity contribution is 5.98. The molecule has 0 spiro atoms. The van der Waals surface area contributed by atoms with Gasteiger partial charge in [-0.05, 0) is 64.8 Å². The van der Waals surface area contributed by atoms with Crippen LogP contribution >= 0.6 is 0 Å². The van der Waals surface area contributed by atoms with Gasteiger partial charge in [0.1, 0.15) is 11.5 Å². The molecule has 0 aromatic heterocycles. The van der Waals surface area contributed by atoms with E-state index < -0.39 is 11.9 Å². The van der Waals surface area contributed by atoms with Gasteiger partial charge in [0, 0.05) is 12.8 Å². The average Bonchev–Trinajstić information content (AvgIpc) is 2.83. The van der Waals surface area contributed by atoms with Gasteiger partial charge in [-0.1, -0.05) is 50.3 Å². The second-order valence-corrected chi connectivity index (χ2v) is 6.93. The van der Waals surface area contributed by atoms with Crippen molar-refractivity contribution in [1.29, 1.82) is 0 Å². The summed E-state index contributed by atoms with van der Waals surface area (Å²) in [4.78, 5) is 47.0. The minimum atomic E-state index is -0.469. The van der Waals surface area contributed by atoms with E-state index in [2.05, 4.69) is 0 Å². The SMILES string of the molecule is C/C=C\C.CC.CC(=O)c1ccccc1OC(=O)CCCCC(=O)Oc1ccccc1C(C)=O. The van der Waals surface area contributed by atoms with Crippen molar-refractivity contribution in [3.05, 3.63) is 71.8 Å². The molecule has 0 saturated carbocycles. The van der Waals surface area contributed by atoms with E-state index in [9.17, 15) is 19.2 Å². The summed E-state index contributed by atoms with van der Waals surface area (Å²) in [7, 11) is 0. The lowest BCUT2D eigenvalue weighted by Gasteiger charge is -2.09. The van der Waals surface area contributed by atoms with Crippen molar-refractivity contribution >= 4 is 23.5 Å². The number of esters is 2. The van der Waals surface area contributed by atoms with Crippen molar-refractivity contribution < 1.29 is 28.7 Å². The van der Waals surface area contributed by atoms with Crippen LogP contribution in [0.15, 0.2) is 60.7 Å². The monoisotopic (exact) mass is 468 g/mol. The molecule has 0 unspecified atom stereocenters. The zero-order valence-electron chi connectivity index (χ0n) is 21.1. The van der Waals surface area contributed by atoms with E-state index in [0.717, 1.165) is 0 Å². The number of Topliss-reactive ketones (excluding diaryl/α,β-unsaturated/α-hetero) is 2. The van der Waals surface area contributed by atoms with Gasteiger partial charge >= 0.3 is 11.9 Å². The molecule has 0 bridgehead atoms. The highest BCUT2D eigenvalue weighted by Gasteiger charge is 2.14. The van der Waals surface area contributed by atoms with Crippen molar-refractivity contribution in [1.82, 2.24) is 0 Å². The molecule has 184 valence electrons. The summed E-state index contributed by atoms with van der Waals surface area (Å²) < 4.78 is 10.5. The minimum Gasteiger partial charge on any atom is -0.426 e. The van der Waals surface area contributed by atoms with Crippen LogP contribution in [0.25, 0.3) is 0 Å². The molecule has 0 N–H and O–H groups in total. The number of ketones is 2. The third-order valence-corrected chi connectivity index (χ3v) is 4.33. The maximum Gasteiger partial charge on any atom is 0.311 e. The summed E-state index contributed by atoms with van der Waals surface area (Å²) in [5.41, 5.74) is 0.701. The first-order valence-electron chi connectivity index (χ1n) is 11.5. The predicted octanol–water partition coefficient (Wildman–Crippen LogP) is 6.77. The number of hydrogen-bond acceptors (Lipinski definition) is 6. The Morgan fingerprint density at radius 2 is 0.971 bits per heavy atom. The van der Waals surface area contributed by atoms with E-state index in [1.54, 1.807) is 48.5 Å². The van der Waals surface area contributed by atoms with Crippen molar-refractivity contribution in [3.63, 3.8) is 0 Å². The maximum atomic E-state index is 12.0. The highest BCUT2D eigenvalue weighted by atomic mass is 16.5. The van der Waals surface area contributed by atoms with Crippen LogP contribution < -0.4 is 9.47 Å². The largest absolute Gasteiger partial charge is 0.426 e. The summed E-state index contributed by atoms with van der Waals surface area (Å²) in [5.74, 6) is -0.831. The summed E-state index contributed by atoms with van der Waals surface area (Å²) in [5, 5.41) is 0. The molecule has 0 aliphatic carbocycles. The normalized spacial score (nSPS) is 9.71. The quantitative estimate of drug-likeness (QED) is 0.133. The Bertz CT molecular complexity index is 881. The first kappa shape index (κ1) is 30.5. The summed E-state index contributed by atoms with van der Waals surface area (Å²) in [6.45, 7) is 10.8. The number of allylic oxidation sites excluding steroid dienone is 2. The van der Waals surface area contributed by atoms with Gasteiger partial charge in [0.15, 0.2) is 11.6 Å². The second-order valence-electron chi connectivity index (χ2n) is 6.93. The number of unbranched alkanes of at least 4 members (excludes halogenated alkanes) is 1. The van der Waals surface area contributed by atoms with E-state index in [1.807, 2.05) is 39.8 Å². The Kier molecular flexibility index (Phi) is 16.1. The van der Waals surface area contributed by atoms with Crippen LogP contribution in [0, 0.1) is 0 Å². The standard InChI is InChI=1S/C22H22O6.C4H8.C2H6/c1-15(23)17-9-3-5-11-19(17)27-21(25)13-7-8-14-22(26)28-20-12-6-4-10-18(20)16(2)24;1-3-4-2;1-2/h3-6,9-12H,7-8,13-14H2,1-2H3;3-4H,1-2H3;1-2H3/b;4-3-;. The Morgan fingerprint density at radius 1 is 0.647 bits per heavy atom. The van der Waals surface area contributed by atoms with Gasteiger partial charge < -0.3 is 9.47 Å². The lowest BCUT2D eigenvalue weighted by atomic mass is 10.1. The lowest BCUT2D eigenvalue weighted by molar-refractivity contribution is -0.136. The molecule has 0 radical (unpaired) electrons. The smallest absolute Gasteiger partial charge is 0.311 e. The van der Waals surface area contributed by atoms with Crippen molar-refractivity contribution in [2.24, 2.45) is 0 Å². The van der Waals surface area contributed by atoms with Gasteiger partial charge in [0.2, 0.25) is 0 Å². The molecule has 0 saturated heterocycles. The second kappa shape index (κ2) is 18.0. The lowest BCUT2D eigenvalue weighted by Crippen LogP contribution is -2.12. The topological polar surface area (TPSA) is 86.7 Å². The summed E-state index contributed by atoms with van der Waals surface area (Å²) >= 11 is 0. The zero-order chi connectivity index (χ0) is 25.9. The third kappa shape index (κ3) is 11.9. The number of benzene rings is 2. The molecule has 6 nitrogen and oxygen atoms in total. The molecule has 6 heteroatoms. The summed E-state index contributed by atoms with van der Waals surface area (Å²) in [6, 6.07) is 13.1. The molecule has 0 aliphatic heterocycles. The van der Waals surface area contributed by atoms with Crippen LogP contribution in [-0.2, 0) is 9.59 Å². The van der Waals surface area contributed by atoms with Crippen LogP contribution in [0.1, 0.15) is 87.9 Å². The van der Waals surface area contributed by atoms with Gasteiger partial charge in [0.25, 0.3) is 0 Å². The van der Waals surface area contributed by atoms with Crippen molar-refractivity contribution in [3.8, 4) is 11.5 Å². The van der Waals surface area contributed by atoms with Gasteiger partial charge in [-0.25, -0.2) is 0 Å². The van der Waals surface area contributed by atoms with E-state index in [4.69, 9.17) is 9.47 Å². The van der Waals surface area contributed by atoms with Gasteiger partial charge in [-0.15, -0.1) is 0 Å². The third-order valence-electron chi connectivity index (χ3n) is 4.33. The van der Waals surface area contributed by atoms with Crippen LogP contribution in [0.5, 0.6) is 11.5 Å². The van der Waals surface area contributed by atoms with Crippen molar-refractivity contribution in [2.45, 2.75) is 67.2 Å². The number of hydrogen-bond donors (Lipinski definition) is 0. The van der Waals surface area contributed by atoms with Crippen LogP contribution in [0.4, 0.5) is 0 Å². The number of carbonyl (C=O) groups is 4. The van der Waals surface area contributed by atoms with E-state index >= 15 is 0 Å². The Balaban J connectivity index is 0.00000164. The fraction of sp³-hybridized carbons (Fsp3) is 0.357. The predicted molar refractivity (Wildman–Crippen MR) is 134 cm³/mol. The summed E-state index contributed by atoms with van der Waals surface area (Å²) in [6.07, 6.45) is 5.10. The Labute approximate surface area is 203 Å². The molecule has 0 atom stereocenters. The molecule has 0 fully saturated rings.